The van der Waals surface area contributed by atoms with Crippen molar-refractivity contribution in [2.45, 2.75) is 59.9 Å². The standard InChI is InChI=1S/C12F24O/c13-1(2(14)15)3(16,17)37-4(6(20,21)10(28,29)30,7(22,23)11(31,32)33)5(18,19)8(24,25)9(26,27)12(34,35)36. The van der Waals surface area contributed by atoms with Gasteiger partial charge >= 0.3 is 60.3 Å². The van der Waals surface area contributed by atoms with Gasteiger partial charge in [-0.1, -0.05) is 0 Å². The second-order valence-electron chi connectivity index (χ2n) is 6.24. The Balaban J connectivity index is 8.51. The van der Waals surface area contributed by atoms with Gasteiger partial charge in [0.1, 0.15) is 0 Å². The monoisotopic (exact) mass is 616 g/mol. The number of rotatable bonds is 8. The summed E-state index contributed by atoms with van der Waals surface area (Å²) in [4.78, 5) is 0. The first-order valence-corrected chi connectivity index (χ1v) is 7.44. The van der Waals surface area contributed by atoms with Gasteiger partial charge in [-0.3, -0.25) is 4.74 Å². The topological polar surface area (TPSA) is 9.23 Å². The van der Waals surface area contributed by atoms with Crippen molar-refractivity contribution >= 4 is 0 Å². The Hall–Kier alpha value is -1.98. The predicted molar refractivity (Wildman–Crippen MR) is 62.0 cm³/mol. The maximum Gasteiger partial charge on any atom is 0.460 e. The molecule has 222 valence electrons. The molecule has 0 amide bonds. The molecule has 0 aromatic heterocycles. The lowest BCUT2D eigenvalue weighted by atomic mass is 9.76. The molecule has 37 heavy (non-hydrogen) atoms. The number of hydrogen-bond acceptors (Lipinski definition) is 1. The quantitative estimate of drug-likeness (QED) is 0.250. The SMILES string of the molecule is FC(F)=C(F)C(F)(F)OC(C(F)(F)C(F)(F)F)(C(F)(F)C(F)(F)F)C(F)(F)C(F)(F)C(F)(F)C(F)(F)F. The van der Waals surface area contributed by atoms with Crippen molar-refractivity contribution < 1.29 is 110 Å². The molecule has 0 heterocycles. The molecule has 0 fully saturated rings. The van der Waals surface area contributed by atoms with E-state index in [0.29, 0.717) is 0 Å². The van der Waals surface area contributed by atoms with Crippen LogP contribution in [-0.4, -0.2) is 59.9 Å². The molecule has 0 spiro atoms. The van der Waals surface area contributed by atoms with Gasteiger partial charge < -0.3 is 0 Å². The number of alkyl halides is 21. The van der Waals surface area contributed by atoms with Gasteiger partial charge in [-0.2, -0.15) is 105 Å². The second-order valence-corrected chi connectivity index (χ2v) is 6.24. The molecule has 0 atom stereocenters. The summed E-state index contributed by atoms with van der Waals surface area (Å²) in [5.74, 6) is -52.5. The Morgan fingerprint density at radius 2 is 0.622 bits per heavy atom. The first kappa shape index (κ1) is 35.0. The summed E-state index contributed by atoms with van der Waals surface area (Å²) in [6, 6.07) is 0. The minimum absolute atomic E-state index is 0.973. The molecular formula is C12F24O. The highest BCUT2D eigenvalue weighted by Gasteiger charge is 3.01. The molecule has 0 N–H and O–H groups in total. The fourth-order valence-electron chi connectivity index (χ4n) is 2.13. The first-order valence-electron chi connectivity index (χ1n) is 7.44. The summed E-state index contributed by atoms with van der Waals surface area (Å²) in [5, 5.41) is 0. The second kappa shape index (κ2) is 8.77. The number of halogens is 24. The summed E-state index contributed by atoms with van der Waals surface area (Å²) in [6.07, 6.45) is -39.0. The normalized spacial score (nSPS) is 16.2. The molecule has 0 saturated heterocycles. The minimum atomic E-state index is -9.87. The highest BCUT2D eigenvalue weighted by molar-refractivity contribution is 5.24. The molecule has 0 rings (SSSR count). The van der Waals surface area contributed by atoms with Crippen LogP contribution in [0.1, 0.15) is 0 Å². The average Bonchev–Trinajstić information content (AvgIpc) is 2.61. The van der Waals surface area contributed by atoms with Crippen molar-refractivity contribution in [1.82, 2.24) is 0 Å². The molecule has 0 aliphatic heterocycles. The zero-order valence-corrected chi connectivity index (χ0v) is 15.5. The van der Waals surface area contributed by atoms with E-state index in [-0.39, 0.29) is 0 Å². The molecule has 0 aliphatic carbocycles. The lowest BCUT2D eigenvalue weighted by Gasteiger charge is -2.51. The van der Waals surface area contributed by atoms with Crippen LogP contribution in [0.25, 0.3) is 0 Å². The summed E-state index contributed by atoms with van der Waals surface area (Å²) in [5.41, 5.74) is -9.82. The third-order valence-electron chi connectivity index (χ3n) is 3.89. The van der Waals surface area contributed by atoms with Gasteiger partial charge in [-0.15, -0.1) is 0 Å². The van der Waals surface area contributed by atoms with Gasteiger partial charge in [-0.25, -0.2) is 0 Å². The van der Waals surface area contributed by atoms with Gasteiger partial charge in [0.2, 0.25) is 0 Å². The lowest BCUT2D eigenvalue weighted by molar-refractivity contribution is -0.526. The van der Waals surface area contributed by atoms with Crippen molar-refractivity contribution in [3.05, 3.63) is 11.9 Å². The molecule has 25 heteroatoms. The minimum Gasteiger partial charge on any atom is -0.288 e. The number of ether oxygens (including phenoxy) is 1. The van der Waals surface area contributed by atoms with Crippen LogP contribution in [0, 0.1) is 0 Å². The van der Waals surface area contributed by atoms with Crippen LogP contribution in [0.3, 0.4) is 0 Å². The number of hydrogen-bond donors (Lipinski definition) is 0. The van der Waals surface area contributed by atoms with E-state index in [4.69, 9.17) is 0 Å². The fourth-order valence-corrected chi connectivity index (χ4v) is 2.13. The lowest BCUT2D eigenvalue weighted by Crippen LogP contribution is -2.84. The van der Waals surface area contributed by atoms with E-state index in [0.717, 1.165) is 4.74 Å². The predicted octanol–water partition coefficient (Wildman–Crippen LogP) is 8.28. The highest BCUT2D eigenvalue weighted by atomic mass is 19.4. The zero-order chi connectivity index (χ0) is 30.9. The average molecular weight is 616 g/mol. The van der Waals surface area contributed by atoms with Crippen molar-refractivity contribution in [2.24, 2.45) is 0 Å². The Kier molecular flexibility index (Phi) is 8.30. The zero-order valence-electron chi connectivity index (χ0n) is 15.5. The van der Waals surface area contributed by atoms with Gasteiger partial charge in [0, 0.05) is 0 Å². The van der Waals surface area contributed by atoms with Crippen LogP contribution in [-0.2, 0) is 4.74 Å². The molecule has 0 aromatic carbocycles. The summed E-state index contributed by atoms with van der Waals surface area (Å²) >= 11 is 0. The summed E-state index contributed by atoms with van der Waals surface area (Å²) < 4.78 is 313. The van der Waals surface area contributed by atoms with Crippen LogP contribution < -0.4 is 0 Å². The van der Waals surface area contributed by atoms with Crippen LogP contribution in [0.15, 0.2) is 11.9 Å². The fraction of sp³-hybridized carbons (Fsp3) is 0.833. The van der Waals surface area contributed by atoms with Crippen molar-refractivity contribution in [3.8, 4) is 0 Å². The van der Waals surface area contributed by atoms with E-state index in [1.165, 1.54) is 0 Å². The maximum atomic E-state index is 14.1. The maximum absolute atomic E-state index is 14.1. The van der Waals surface area contributed by atoms with E-state index in [2.05, 4.69) is 0 Å². The van der Waals surface area contributed by atoms with Crippen LogP contribution in [0.4, 0.5) is 105 Å². The molecule has 0 radical (unpaired) electrons. The smallest absolute Gasteiger partial charge is 0.288 e. The van der Waals surface area contributed by atoms with Crippen molar-refractivity contribution in [2.75, 3.05) is 0 Å². The van der Waals surface area contributed by atoms with Crippen LogP contribution in [0.2, 0.25) is 0 Å². The van der Waals surface area contributed by atoms with Gasteiger partial charge in [0.05, 0.1) is 0 Å². The van der Waals surface area contributed by atoms with E-state index < -0.39 is 71.8 Å². The highest BCUT2D eigenvalue weighted by Crippen LogP contribution is 2.69. The van der Waals surface area contributed by atoms with Crippen LogP contribution in [0.5, 0.6) is 0 Å². The van der Waals surface area contributed by atoms with Gasteiger partial charge in [0.25, 0.3) is 11.4 Å². The van der Waals surface area contributed by atoms with Crippen LogP contribution >= 0.6 is 0 Å². The molecule has 0 bridgehead atoms. The van der Waals surface area contributed by atoms with Crippen molar-refractivity contribution in [1.29, 1.82) is 0 Å². The molecule has 0 aliphatic rings. The Bertz CT molecular complexity index is 836. The Labute approximate surface area is 183 Å². The van der Waals surface area contributed by atoms with E-state index in [1.54, 1.807) is 0 Å². The largest absolute Gasteiger partial charge is 0.460 e. The van der Waals surface area contributed by atoms with E-state index >= 15 is 0 Å². The summed E-state index contributed by atoms with van der Waals surface area (Å²) in [6.45, 7) is 0. The molecule has 0 aromatic rings. The molecule has 1 nitrogen and oxygen atoms in total. The van der Waals surface area contributed by atoms with Crippen molar-refractivity contribution in [3.63, 3.8) is 0 Å². The molecule has 0 saturated carbocycles. The first-order chi connectivity index (χ1) is 15.6. The van der Waals surface area contributed by atoms with E-state index in [9.17, 15) is 105 Å². The van der Waals surface area contributed by atoms with Gasteiger partial charge in [0.15, 0.2) is 0 Å². The Morgan fingerprint density at radius 1 is 0.351 bits per heavy atom. The molecule has 0 unspecified atom stereocenters. The third kappa shape index (κ3) is 4.71. The molecular weight excluding hydrogens is 616 g/mol. The summed E-state index contributed by atoms with van der Waals surface area (Å²) in [7, 11) is 0. The third-order valence-corrected chi connectivity index (χ3v) is 3.89. The van der Waals surface area contributed by atoms with Gasteiger partial charge in [-0.05, 0) is 0 Å². The van der Waals surface area contributed by atoms with E-state index in [1.807, 2.05) is 0 Å². The Morgan fingerprint density at radius 3 is 0.838 bits per heavy atom.